The molecule has 1 saturated carbocycles. The Morgan fingerprint density at radius 3 is 2.45 bits per heavy atom. The van der Waals surface area contributed by atoms with Crippen LogP contribution in [0.25, 0.3) is 11.5 Å². The first-order chi connectivity index (χ1) is 14.0. The fraction of sp³-hybridized carbons (Fsp3) is 0.565. The number of aromatic nitrogens is 1. The lowest BCUT2D eigenvalue weighted by molar-refractivity contribution is -0.119. The molecule has 1 aliphatic carbocycles. The van der Waals surface area contributed by atoms with Gasteiger partial charge in [-0.05, 0) is 43.9 Å². The maximum absolute atomic E-state index is 12.5. The third-order valence-corrected chi connectivity index (χ3v) is 6.74. The first-order valence-electron chi connectivity index (χ1n) is 10.7. The highest BCUT2D eigenvalue weighted by molar-refractivity contribution is 7.84. The second kappa shape index (κ2) is 10.7. The molecule has 0 bridgehead atoms. The number of benzene rings is 1. The Labute approximate surface area is 176 Å². The van der Waals surface area contributed by atoms with E-state index < -0.39 is 10.8 Å². The van der Waals surface area contributed by atoms with Crippen LogP contribution in [-0.4, -0.2) is 26.9 Å². The van der Waals surface area contributed by atoms with Crippen LogP contribution < -0.4 is 5.32 Å². The second-order valence-electron chi connectivity index (χ2n) is 7.91. The van der Waals surface area contributed by atoms with Crippen molar-refractivity contribution >= 4 is 16.7 Å². The zero-order chi connectivity index (χ0) is 20.6. The molecule has 0 aliphatic heterocycles. The average Bonchev–Trinajstić information content (AvgIpc) is 3.04. The highest BCUT2D eigenvalue weighted by Gasteiger charge is 2.18. The van der Waals surface area contributed by atoms with Crippen LogP contribution in [0.1, 0.15) is 68.9 Å². The smallest absolute Gasteiger partial charge is 0.232 e. The molecular formula is C23H32N2O3S. The number of amides is 1. The molecule has 1 aliphatic rings. The number of oxazole rings is 1. The van der Waals surface area contributed by atoms with Crippen LogP contribution >= 0.6 is 0 Å². The summed E-state index contributed by atoms with van der Waals surface area (Å²) in [5, 5.41) is 3.08. The number of carbonyl (C=O) groups is 1. The Balaban J connectivity index is 1.54. The van der Waals surface area contributed by atoms with Crippen LogP contribution in [0.15, 0.2) is 28.7 Å². The Kier molecular flexibility index (Phi) is 8.04. The molecule has 1 atom stereocenters. The molecule has 1 N–H and O–H groups in total. The van der Waals surface area contributed by atoms with Crippen molar-refractivity contribution in [2.75, 3.05) is 5.75 Å². The number of hydrogen-bond donors (Lipinski definition) is 1. The van der Waals surface area contributed by atoms with Crippen molar-refractivity contribution < 1.29 is 13.4 Å². The van der Waals surface area contributed by atoms with Gasteiger partial charge < -0.3 is 9.73 Å². The summed E-state index contributed by atoms with van der Waals surface area (Å²) >= 11 is 0. The van der Waals surface area contributed by atoms with Gasteiger partial charge in [0.15, 0.2) is 0 Å². The lowest BCUT2D eigenvalue weighted by Crippen LogP contribution is -2.38. The van der Waals surface area contributed by atoms with Gasteiger partial charge in [-0.3, -0.25) is 9.00 Å². The minimum atomic E-state index is -1.31. The molecule has 1 fully saturated rings. The van der Waals surface area contributed by atoms with Gasteiger partial charge in [0.05, 0.1) is 11.4 Å². The molecule has 29 heavy (non-hydrogen) atoms. The van der Waals surface area contributed by atoms with Gasteiger partial charge in [-0.15, -0.1) is 0 Å². The molecule has 1 aromatic carbocycles. The van der Waals surface area contributed by atoms with E-state index in [1.54, 1.807) is 0 Å². The highest BCUT2D eigenvalue weighted by Crippen LogP contribution is 2.23. The number of nitrogens with one attached hydrogen (secondary N) is 1. The highest BCUT2D eigenvalue weighted by atomic mass is 32.2. The maximum Gasteiger partial charge on any atom is 0.232 e. The molecule has 0 unspecified atom stereocenters. The number of rotatable bonds is 7. The molecule has 1 aromatic heterocycles. The van der Waals surface area contributed by atoms with E-state index in [0.717, 1.165) is 37.7 Å². The SMILES string of the molecule is CCc1ccc(-c2nc(C[S@@](=O)CC(=O)NC3CCCCCCC3)c(C)o2)cc1. The van der Waals surface area contributed by atoms with Crippen LogP contribution in [-0.2, 0) is 27.8 Å². The van der Waals surface area contributed by atoms with E-state index in [1.165, 1.54) is 24.8 Å². The topological polar surface area (TPSA) is 72.2 Å². The van der Waals surface area contributed by atoms with Gasteiger partial charge in [-0.2, -0.15) is 0 Å². The van der Waals surface area contributed by atoms with Crippen LogP contribution in [0.2, 0.25) is 0 Å². The summed E-state index contributed by atoms with van der Waals surface area (Å²) in [5.74, 6) is 1.33. The van der Waals surface area contributed by atoms with Crippen LogP contribution in [0.3, 0.4) is 0 Å². The molecule has 5 nitrogen and oxygen atoms in total. The third-order valence-electron chi connectivity index (χ3n) is 5.56. The Hall–Kier alpha value is -1.95. The predicted octanol–water partition coefficient (Wildman–Crippen LogP) is 4.69. The standard InChI is InChI=1S/C23H32N2O3S/c1-3-18-11-13-19(14-12-18)23-25-21(17(2)28-23)15-29(27)16-22(26)24-20-9-7-5-4-6-8-10-20/h11-14,20H,3-10,15-16H2,1-2H3,(H,24,26)/t29-/m1/s1. The largest absolute Gasteiger partial charge is 0.441 e. The molecule has 1 heterocycles. The molecule has 0 radical (unpaired) electrons. The lowest BCUT2D eigenvalue weighted by atomic mass is 9.97. The first kappa shape index (κ1) is 21.8. The summed E-state index contributed by atoms with van der Waals surface area (Å²) in [5.41, 5.74) is 2.83. The van der Waals surface area contributed by atoms with Gasteiger partial charge in [0, 0.05) is 22.4 Å². The summed E-state index contributed by atoms with van der Waals surface area (Å²) in [4.78, 5) is 16.9. The molecule has 1 amide bonds. The van der Waals surface area contributed by atoms with Crippen molar-refractivity contribution in [2.24, 2.45) is 0 Å². The zero-order valence-corrected chi connectivity index (χ0v) is 18.4. The summed E-state index contributed by atoms with van der Waals surface area (Å²) in [6.45, 7) is 3.95. The van der Waals surface area contributed by atoms with E-state index in [0.29, 0.717) is 17.3 Å². The molecule has 2 aromatic rings. The van der Waals surface area contributed by atoms with Gasteiger partial charge in [0.2, 0.25) is 11.8 Å². The van der Waals surface area contributed by atoms with Gasteiger partial charge in [0.1, 0.15) is 11.5 Å². The van der Waals surface area contributed by atoms with Crippen molar-refractivity contribution in [3.63, 3.8) is 0 Å². The fourth-order valence-corrected chi connectivity index (χ4v) is 4.84. The Morgan fingerprint density at radius 1 is 1.14 bits per heavy atom. The van der Waals surface area contributed by atoms with Crippen molar-refractivity contribution in [1.29, 1.82) is 0 Å². The van der Waals surface area contributed by atoms with E-state index in [-0.39, 0.29) is 23.5 Å². The first-order valence-corrected chi connectivity index (χ1v) is 12.2. The zero-order valence-electron chi connectivity index (χ0n) is 17.5. The van der Waals surface area contributed by atoms with Gasteiger partial charge in [0.25, 0.3) is 0 Å². The quantitative estimate of drug-likeness (QED) is 0.711. The fourth-order valence-electron chi connectivity index (χ4n) is 3.79. The van der Waals surface area contributed by atoms with E-state index in [4.69, 9.17) is 4.42 Å². The maximum atomic E-state index is 12.5. The van der Waals surface area contributed by atoms with Gasteiger partial charge >= 0.3 is 0 Å². The van der Waals surface area contributed by atoms with Crippen LogP contribution in [0.5, 0.6) is 0 Å². The monoisotopic (exact) mass is 416 g/mol. The predicted molar refractivity (Wildman–Crippen MR) is 117 cm³/mol. The third kappa shape index (κ3) is 6.53. The number of nitrogens with zero attached hydrogens (tertiary/aromatic N) is 1. The molecule has 3 rings (SSSR count). The number of hydrogen-bond acceptors (Lipinski definition) is 4. The average molecular weight is 417 g/mol. The molecule has 0 saturated heterocycles. The van der Waals surface area contributed by atoms with Crippen LogP contribution in [0, 0.1) is 6.92 Å². The minimum Gasteiger partial charge on any atom is -0.441 e. The Morgan fingerprint density at radius 2 is 1.79 bits per heavy atom. The van der Waals surface area contributed by atoms with Crippen molar-refractivity contribution in [3.8, 4) is 11.5 Å². The summed E-state index contributed by atoms with van der Waals surface area (Å²) < 4.78 is 18.3. The lowest BCUT2D eigenvalue weighted by Gasteiger charge is -2.20. The van der Waals surface area contributed by atoms with Crippen molar-refractivity contribution in [2.45, 2.75) is 77.0 Å². The number of carbonyl (C=O) groups excluding carboxylic acids is 1. The molecule has 158 valence electrons. The van der Waals surface area contributed by atoms with Gasteiger partial charge in [-0.1, -0.05) is 51.2 Å². The van der Waals surface area contributed by atoms with E-state index in [9.17, 15) is 9.00 Å². The summed E-state index contributed by atoms with van der Waals surface area (Å²) in [6, 6.07) is 8.34. The summed E-state index contributed by atoms with van der Waals surface area (Å²) in [6.07, 6.45) is 9.15. The minimum absolute atomic E-state index is 0.0172. The van der Waals surface area contributed by atoms with E-state index >= 15 is 0 Å². The van der Waals surface area contributed by atoms with Crippen LogP contribution in [0.4, 0.5) is 0 Å². The van der Waals surface area contributed by atoms with E-state index in [2.05, 4.69) is 29.4 Å². The molecular weight excluding hydrogens is 384 g/mol. The normalized spacial score (nSPS) is 16.8. The molecule has 0 spiro atoms. The van der Waals surface area contributed by atoms with E-state index in [1.807, 2.05) is 19.1 Å². The second-order valence-corrected chi connectivity index (χ2v) is 9.37. The Bertz CT molecular complexity index is 821. The molecule has 6 heteroatoms. The van der Waals surface area contributed by atoms with Crippen molar-refractivity contribution in [1.82, 2.24) is 10.3 Å². The summed E-state index contributed by atoms with van der Waals surface area (Å²) in [7, 11) is -1.31. The number of aryl methyl sites for hydroxylation is 2. The van der Waals surface area contributed by atoms with Gasteiger partial charge in [-0.25, -0.2) is 4.98 Å². The van der Waals surface area contributed by atoms with Crippen molar-refractivity contribution in [3.05, 3.63) is 41.3 Å².